The first-order valence-corrected chi connectivity index (χ1v) is 10.1. The number of halogens is 3. The van der Waals surface area contributed by atoms with E-state index in [2.05, 4.69) is 5.32 Å². The molecule has 0 atom stereocenters. The molecule has 0 heterocycles. The number of amides is 1. The fraction of sp³-hybridized carbons (Fsp3) is 0.0500. The van der Waals surface area contributed by atoms with Crippen molar-refractivity contribution in [2.24, 2.45) is 0 Å². The number of hydrogen-bond acceptors (Lipinski definition) is 3. The van der Waals surface area contributed by atoms with Gasteiger partial charge in [-0.2, -0.15) is 0 Å². The number of para-hydroxylation sites is 1. The van der Waals surface area contributed by atoms with Crippen molar-refractivity contribution in [3.8, 4) is 0 Å². The van der Waals surface area contributed by atoms with Crippen LogP contribution >= 0.6 is 11.6 Å². The van der Waals surface area contributed by atoms with Crippen molar-refractivity contribution in [3.63, 3.8) is 0 Å². The van der Waals surface area contributed by atoms with Gasteiger partial charge in [0.05, 0.1) is 10.7 Å². The summed E-state index contributed by atoms with van der Waals surface area (Å²) in [5, 5.41) is 2.33. The maximum atomic E-state index is 13.3. The Bertz CT molecular complexity index is 1170. The lowest BCUT2D eigenvalue weighted by atomic mass is 10.2. The molecule has 0 aromatic heterocycles. The lowest BCUT2D eigenvalue weighted by molar-refractivity contribution is 0.102. The molecule has 0 radical (unpaired) electrons. The topological polar surface area (TPSA) is 66.5 Å². The van der Waals surface area contributed by atoms with Crippen molar-refractivity contribution in [3.05, 3.63) is 89.0 Å². The molecule has 0 aliphatic rings. The number of benzene rings is 3. The SMILES string of the molecule is CN(c1ccccc1)S(=O)(=O)c1cc(C(=O)Nc2ccc(F)c(F)c2)ccc1Cl. The number of sulfonamides is 1. The van der Waals surface area contributed by atoms with E-state index in [1.807, 2.05) is 0 Å². The van der Waals surface area contributed by atoms with E-state index < -0.39 is 27.6 Å². The predicted molar refractivity (Wildman–Crippen MR) is 108 cm³/mol. The summed E-state index contributed by atoms with van der Waals surface area (Å²) in [6.45, 7) is 0. The third-order valence-corrected chi connectivity index (χ3v) is 6.40. The summed E-state index contributed by atoms with van der Waals surface area (Å²) in [5.41, 5.74) is 0.425. The normalized spacial score (nSPS) is 11.2. The zero-order valence-corrected chi connectivity index (χ0v) is 16.6. The number of anilines is 2. The first-order chi connectivity index (χ1) is 13.7. The first-order valence-electron chi connectivity index (χ1n) is 8.30. The molecule has 1 N–H and O–H groups in total. The second-order valence-electron chi connectivity index (χ2n) is 6.04. The summed E-state index contributed by atoms with van der Waals surface area (Å²) in [7, 11) is -2.68. The van der Waals surface area contributed by atoms with Crippen LogP contribution in [0.3, 0.4) is 0 Å². The lowest BCUT2D eigenvalue weighted by Crippen LogP contribution is -2.27. The van der Waals surface area contributed by atoms with Crippen molar-refractivity contribution in [1.82, 2.24) is 0 Å². The largest absolute Gasteiger partial charge is 0.322 e. The molecule has 0 spiro atoms. The summed E-state index contributed by atoms with van der Waals surface area (Å²) >= 11 is 6.09. The van der Waals surface area contributed by atoms with E-state index in [0.29, 0.717) is 5.69 Å². The molecule has 0 aliphatic heterocycles. The van der Waals surface area contributed by atoms with E-state index in [4.69, 9.17) is 11.6 Å². The highest BCUT2D eigenvalue weighted by Crippen LogP contribution is 2.28. The van der Waals surface area contributed by atoms with Crippen LogP contribution in [0, 0.1) is 11.6 Å². The van der Waals surface area contributed by atoms with Crippen LogP contribution in [0.1, 0.15) is 10.4 Å². The third-order valence-electron chi connectivity index (χ3n) is 4.13. The summed E-state index contributed by atoms with van der Waals surface area (Å²) < 4.78 is 53.4. The Morgan fingerprint density at radius 1 is 0.966 bits per heavy atom. The molecule has 0 unspecified atom stereocenters. The third kappa shape index (κ3) is 4.38. The van der Waals surface area contributed by atoms with Gasteiger partial charge in [0.1, 0.15) is 4.90 Å². The monoisotopic (exact) mass is 436 g/mol. The zero-order valence-electron chi connectivity index (χ0n) is 15.1. The minimum absolute atomic E-state index is 0.0147. The highest BCUT2D eigenvalue weighted by molar-refractivity contribution is 7.93. The Balaban J connectivity index is 1.93. The smallest absolute Gasteiger partial charge is 0.265 e. The van der Waals surface area contributed by atoms with Crippen LogP contribution in [-0.4, -0.2) is 21.4 Å². The van der Waals surface area contributed by atoms with Gasteiger partial charge in [0.2, 0.25) is 0 Å². The second-order valence-corrected chi connectivity index (χ2v) is 8.38. The predicted octanol–water partition coefficient (Wildman–Crippen LogP) is 4.70. The van der Waals surface area contributed by atoms with Gasteiger partial charge in [-0.15, -0.1) is 0 Å². The van der Waals surface area contributed by atoms with Crippen LogP contribution in [0.15, 0.2) is 71.6 Å². The fourth-order valence-electron chi connectivity index (χ4n) is 2.54. The van der Waals surface area contributed by atoms with E-state index in [1.165, 1.54) is 25.2 Å². The summed E-state index contributed by atoms with van der Waals surface area (Å²) in [6, 6.07) is 15.0. The van der Waals surface area contributed by atoms with Gasteiger partial charge < -0.3 is 5.32 Å². The van der Waals surface area contributed by atoms with Gasteiger partial charge in [-0.25, -0.2) is 17.2 Å². The molecular weight excluding hydrogens is 422 g/mol. The Hall–Kier alpha value is -2.97. The fourth-order valence-corrected chi connectivity index (χ4v) is 4.24. The summed E-state index contributed by atoms with van der Waals surface area (Å²) in [6.07, 6.45) is 0. The number of nitrogens with one attached hydrogen (secondary N) is 1. The summed E-state index contributed by atoms with van der Waals surface area (Å²) in [4.78, 5) is 12.2. The Morgan fingerprint density at radius 3 is 2.31 bits per heavy atom. The lowest BCUT2D eigenvalue weighted by Gasteiger charge is -2.20. The van der Waals surface area contributed by atoms with Crippen LogP contribution in [0.25, 0.3) is 0 Å². The van der Waals surface area contributed by atoms with E-state index in [9.17, 15) is 22.0 Å². The minimum Gasteiger partial charge on any atom is -0.322 e. The van der Waals surface area contributed by atoms with Crippen LogP contribution in [0.5, 0.6) is 0 Å². The Kier molecular flexibility index (Phi) is 5.86. The number of carbonyl (C=O) groups excluding carboxylic acids is 1. The molecule has 3 rings (SSSR count). The zero-order chi connectivity index (χ0) is 21.2. The molecule has 3 aromatic rings. The van der Waals surface area contributed by atoms with Gasteiger partial charge in [-0.1, -0.05) is 29.8 Å². The molecule has 3 aromatic carbocycles. The maximum Gasteiger partial charge on any atom is 0.265 e. The first kappa shape index (κ1) is 20.8. The van der Waals surface area contributed by atoms with Crippen molar-refractivity contribution in [2.75, 3.05) is 16.7 Å². The van der Waals surface area contributed by atoms with Gasteiger partial charge in [-0.05, 0) is 42.5 Å². The van der Waals surface area contributed by atoms with Gasteiger partial charge in [0.15, 0.2) is 11.6 Å². The molecule has 1 amide bonds. The van der Waals surface area contributed by atoms with E-state index in [1.54, 1.807) is 30.3 Å². The average molecular weight is 437 g/mol. The Morgan fingerprint density at radius 2 is 1.66 bits per heavy atom. The van der Waals surface area contributed by atoms with Crippen LogP contribution in [0.2, 0.25) is 5.02 Å². The molecule has 0 aliphatic carbocycles. The van der Waals surface area contributed by atoms with Gasteiger partial charge >= 0.3 is 0 Å². The quantitative estimate of drug-likeness (QED) is 0.630. The number of rotatable bonds is 5. The van der Waals surface area contributed by atoms with Gasteiger partial charge in [-0.3, -0.25) is 9.10 Å². The number of nitrogens with zero attached hydrogens (tertiary/aromatic N) is 1. The van der Waals surface area contributed by atoms with E-state index in [-0.39, 0.29) is 21.2 Å². The molecule has 5 nitrogen and oxygen atoms in total. The number of hydrogen-bond donors (Lipinski definition) is 1. The molecule has 0 bridgehead atoms. The second kappa shape index (κ2) is 8.18. The van der Waals surface area contributed by atoms with Crippen molar-refractivity contribution in [2.45, 2.75) is 4.90 Å². The molecule has 9 heteroatoms. The van der Waals surface area contributed by atoms with Gasteiger partial charge in [0.25, 0.3) is 15.9 Å². The highest BCUT2D eigenvalue weighted by atomic mass is 35.5. The van der Waals surface area contributed by atoms with E-state index >= 15 is 0 Å². The molecule has 0 saturated heterocycles. The van der Waals surface area contributed by atoms with Crippen LogP contribution in [0.4, 0.5) is 20.2 Å². The molecule has 0 fully saturated rings. The molecule has 0 saturated carbocycles. The van der Waals surface area contributed by atoms with Crippen molar-refractivity contribution >= 4 is 38.9 Å². The summed E-state index contributed by atoms with van der Waals surface area (Å²) in [5.74, 6) is -2.87. The van der Waals surface area contributed by atoms with Gasteiger partial charge in [0, 0.05) is 24.4 Å². The van der Waals surface area contributed by atoms with E-state index in [0.717, 1.165) is 22.5 Å². The number of carbonyl (C=O) groups is 1. The highest BCUT2D eigenvalue weighted by Gasteiger charge is 2.25. The minimum atomic E-state index is -4.05. The Labute approximate surface area is 171 Å². The van der Waals surface area contributed by atoms with Crippen LogP contribution < -0.4 is 9.62 Å². The van der Waals surface area contributed by atoms with Crippen LogP contribution in [-0.2, 0) is 10.0 Å². The molecular formula is C20H15ClF2N2O3S. The van der Waals surface area contributed by atoms with Crippen molar-refractivity contribution < 1.29 is 22.0 Å². The standard InChI is InChI=1S/C20H15ClF2N2O3S/c1-25(15-5-3-2-4-6-15)29(27,28)19-11-13(7-9-16(19)21)20(26)24-14-8-10-17(22)18(23)12-14/h2-12H,1H3,(H,24,26). The molecule has 150 valence electrons. The van der Waals surface area contributed by atoms with Crippen molar-refractivity contribution in [1.29, 1.82) is 0 Å². The average Bonchev–Trinajstić information content (AvgIpc) is 2.71. The molecule has 29 heavy (non-hydrogen) atoms. The maximum absolute atomic E-state index is 13.3.